The van der Waals surface area contributed by atoms with E-state index in [4.69, 9.17) is 28.5 Å². The van der Waals surface area contributed by atoms with Crippen LogP contribution in [0.2, 0.25) is 10.0 Å². The second-order valence-electron chi connectivity index (χ2n) is 3.14. The molecule has 16 heavy (non-hydrogen) atoms. The summed E-state index contributed by atoms with van der Waals surface area (Å²) in [6.07, 6.45) is 0. The lowest BCUT2D eigenvalue weighted by molar-refractivity contribution is 0.212. The number of halogens is 2. The molecule has 1 rings (SSSR count). The zero-order chi connectivity index (χ0) is 12.1. The first kappa shape index (κ1) is 12.8. The molecule has 1 aromatic carbocycles. The molecule has 0 spiro atoms. The average molecular weight is 257 g/mol. The minimum Gasteiger partial charge on any atom is -0.399 e. The Morgan fingerprint density at radius 2 is 2.19 bits per heavy atom. The van der Waals surface area contributed by atoms with Crippen LogP contribution in [0.1, 0.15) is 18.4 Å². The maximum Gasteiger partial charge on any atom is 0.114 e. The van der Waals surface area contributed by atoms with Crippen molar-refractivity contribution in [3.63, 3.8) is 0 Å². The normalized spacial score (nSPS) is 13.1. The summed E-state index contributed by atoms with van der Waals surface area (Å²) in [5, 5.41) is 13.8. The van der Waals surface area contributed by atoms with Gasteiger partial charge in [0.15, 0.2) is 0 Å². The third-order valence-electron chi connectivity index (χ3n) is 2.06. The van der Waals surface area contributed by atoms with Gasteiger partial charge < -0.3 is 4.84 Å². The SMILES string of the molecule is CO/N=C(\C)C(C#N)c1ccc(Cl)cc1Cl. The molecule has 0 aliphatic rings. The Labute approximate surface area is 104 Å². The number of hydrogen-bond donors (Lipinski definition) is 0. The fourth-order valence-corrected chi connectivity index (χ4v) is 1.84. The fourth-order valence-electron chi connectivity index (χ4n) is 1.32. The summed E-state index contributed by atoms with van der Waals surface area (Å²) in [6.45, 7) is 1.71. The van der Waals surface area contributed by atoms with Crippen molar-refractivity contribution in [1.29, 1.82) is 5.26 Å². The van der Waals surface area contributed by atoms with Gasteiger partial charge in [-0.15, -0.1) is 0 Å². The lowest BCUT2D eigenvalue weighted by Crippen LogP contribution is -2.08. The van der Waals surface area contributed by atoms with Gasteiger partial charge in [0.1, 0.15) is 13.0 Å². The van der Waals surface area contributed by atoms with E-state index in [1.54, 1.807) is 25.1 Å². The van der Waals surface area contributed by atoms with Crippen LogP contribution >= 0.6 is 23.2 Å². The van der Waals surface area contributed by atoms with E-state index in [2.05, 4.69) is 16.1 Å². The molecule has 0 saturated carbocycles. The second kappa shape index (κ2) is 5.74. The molecule has 0 heterocycles. The second-order valence-corrected chi connectivity index (χ2v) is 3.99. The third-order valence-corrected chi connectivity index (χ3v) is 2.62. The van der Waals surface area contributed by atoms with Gasteiger partial charge in [0.2, 0.25) is 0 Å². The highest BCUT2D eigenvalue weighted by molar-refractivity contribution is 6.35. The van der Waals surface area contributed by atoms with Crippen LogP contribution < -0.4 is 0 Å². The minimum absolute atomic E-state index is 0.449. The zero-order valence-electron chi connectivity index (χ0n) is 8.87. The number of benzene rings is 1. The minimum atomic E-state index is -0.523. The predicted octanol–water partition coefficient (Wildman–Crippen LogP) is 3.62. The van der Waals surface area contributed by atoms with Gasteiger partial charge in [-0.1, -0.05) is 34.4 Å². The Hall–Kier alpha value is -1.24. The van der Waals surface area contributed by atoms with E-state index in [-0.39, 0.29) is 0 Å². The van der Waals surface area contributed by atoms with E-state index in [0.29, 0.717) is 21.3 Å². The summed E-state index contributed by atoms with van der Waals surface area (Å²) in [5.74, 6) is -0.523. The van der Waals surface area contributed by atoms with Crippen LogP contribution in [0.4, 0.5) is 0 Å². The van der Waals surface area contributed by atoms with Crippen LogP contribution in [-0.4, -0.2) is 12.8 Å². The number of hydrogen-bond acceptors (Lipinski definition) is 3. The van der Waals surface area contributed by atoms with Crippen LogP contribution in [0.15, 0.2) is 23.4 Å². The van der Waals surface area contributed by atoms with Gasteiger partial charge in [-0.3, -0.25) is 0 Å². The molecule has 0 aliphatic heterocycles. The molecule has 1 atom stereocenters. The largest absolute Gasteiger partial charge is 0.399 e. The average Bonchev–Trinajstić information content (AvgIpc) is 2.22. The van der Waals surface area contributed by atoms with Gasteiger partial charge in [0, 0.05) is 10.0 Å². The van der Waals surface area contributed by atoms with E-state index in [1.807, 2.05) is 0 Å². The van der Waals surface area contributed by atoms with Crippen LogP contribution in [0.25, 0.3) is 0 Å². The molecule has 84 valence electrons. The molecular formula is C11H10Cl2N2O. The summed E-state index contributed by atoms with van der Waals surface area (Å²) in [6, 6.07) is 7.13. The first-order valence-corrected chi connectivity index (χ1v) is 5.28. The van der Waals surface area contributed by atoms with Crippen LogP contribution in [0, 0.1) is 11.3 Å². The summed E-state index contributed by atoms with van der Waals surface area (Å²) in [5.41, 5.74) is 1.22. The summed E-state index contributed by atoms with van der Waals surface area (Å²) in [4.78, 5) is 4.64. The standard InChI is InChI=1S/C11H10Cl2N2O/c1-7(15-16-2)10(6-14)9-4-3-8(12)5-11(9)13/h3-5,10H,1-2H3/b15-7+. The molecule has 0 amide bonds. The maximum absolute atomic E-state index is 9.09. The van der Waals surface area contributed by atoms with Crippen LogP contribution in [0.3, 0.4) is 0 Å². The Morgan fingerprint density at radius 1 is 1.50 bits per heavy atom. The smallest absolute Gasteiger partial charge is 0.114 e. The van der Waals surface area contributed by atoms with Gasteiger partial charge >= 0.3 is 0 Å². The highest BCUT2D eigenvalue weighted by atomic mass is 35.5. The molecule has 0 bridgehead atoms. The Balaban J connectivity index is 3.15. The number of nitriles is 1. The molecule has 3 nitrogen and oxygen atoms in total. The molecule has 0 N–H and O–H groups in total. The van der Waals surface area contributed by atoms with Crippen molar-refractivity contribution in [2.24, 2.45) is 5.16 Å². The Kier molecular flexibility index (Phi) is 4.60. The highest BCUT2D eigenvalue weighted by Crippen LogP contribution is 2.28. The van der Waals surface area contributed by atoms with Crippen molar-refractivity contribution < 1.29 is 4.84 Å². The summed E-state index contributed by atoms with van der Waals surface area (Å²) < 4.78 is 0. The third kappa shape index (κ3) is 2.88. The Bertz CT molecular complexity index is 452. The molecule has 0 saturated heterocycles. The number of oxime groups is 1. The van der Waals surface area contributed by atoms with Crippen LogP contribution in [-0.2, 0) is 4.84 Å². The molecule has 0 radical (unpaired) electrons. The first-order chi connectivity index (χ1) is 7.60. The Morgan fingerprint density at radius 3 is 2.69 bits per heavy atom. The molecule has 1 unspecified atom stereocenters. The fraction of sp³-hybridized carbons (Fsp3) is 0.273. The summed E-state index contributed by atoms with van der Waals surface area (Å²) in [7, 11) is 1.43. The van der Waals surface area contributed by atoms with Crippen molar-refractivity contribution in [2.45, 2.75) is 12.8 Å². The molecule has 5 heteroatoms. The van der Waals surface area contributed by atoms with Crippen LogP contribution in [0.5, 0.6) is 0 Å². The lowest BCUT2D eigenvalue weighted by atomic mass is 9.96. The molecule has 0 aromatic heterocycles. The maximum atomic E-state index is 9.09. The zero-order valence-corrected chi connectivity index (χ0v) is 10.4. The molecule has 1 aromatic rings. The van der Waals surface area contributed by atoms with Gasteiger partial charge in [-0.05, 0) is 24.6 Å². The van der Waals surface area contributed by atoms with Crippen molar-refractivity contribution in [3.8, 4) is 6.07 Å². The highest BCUT2D eigenvalue weighted by Gasteiger charge is 2.18. The lowest BCUT2D eigenvalue weighted by Gasteiger charge is -2.10. The summed E-state index contributed by atoms with van der Waals surface area (Å²) >= 11 is 11.8. The van der Waals surface area contributed by atoms with Gasteiger partial charge in [-0.25, -0.2) is 0 Å². The topological polar surface area (TPSA) is 45.4 Å². The molecule has 0 fully saturated rings. The van der Waals surface area contributed by atoms with Crippen molar-refractivity contribution in [3.05, 3.63) is 33.8 Å². The van der Waals surface area contributed by atoms with E-state index in [1.165, 1.54) is 7.11 Å². The number of rotatable bonds is 3. The van der Waals surface area contributed by atoms with Crippen molar-refractivity contribution in [2.75, 3.05) is 7.11 Å². The van der Waals surface area contributed by atoms with E-state index in [9.17, 15) is 0 Å². The van der Waals surface area contributed by atoms with E-state index < -0.39 is 5.92 Å². The molecular weight excluding hydrogens is 247 g/mol. The monoisotopic (exact) mass is 256 g/mol. The quantitative estimate of drug-likeness (QED) is 0.613. The predicted molar refractivity (Wildman–Crippen MR) is 64.9 cm³/mol. The first-order valence-electron chi connectivity index (χ1n) is 4.52. The van der Waals surface area contributed by atoms with E-state index in [0.717, 1.165) is 0 Å². The van der Waals surface area contributed by atoms with Gasteiger partial charge in [-0.2, -0.15) is 5.26 Å². The van der Waals surface area contributed by atoms with Gasteiger partial charge in [0.05, 0.1) is 11.8 Å². The van der Waals surface area contributed by atoms with Crippen molar-refractivity contribution >= 4 is 28.9 Å². The van der Waals surface area contributed by atoms with Gasteiger partial charge in [0.25, 0.3) is 0 Å². The van der Waals surface area contributed by atoms with E-state index >= 15 is 0 Å². The number of nitrogens with zero attached hydrogens (tertiary/aromatic N) is 2. The molecule has 0 aliphatic carbocycles. The van der Waals surface area contributed by atoms with Crippen molar-refractivity contribution in [1.82, 2.24) is 0 Å².